The molecule has 4 heterocycles. The number of halogens is 2. The summed E-state index contributed by atoms with van der Waals surface area (Å²) in [5, 5.41) is 9.63. The van der Waals surface area contributed by atoms with Crippen molar-refractivity contribution in [3.8, 4) is 11.4 Å². The molecular formula is C36H40Cl2N8O4. The van der Waals surface area contributed by atoms with Gasteiger partial charge in [-0.3, -0.25) is 0 Å². The van der Waals surface area contributed by atoms with Gasteiger partial charge in [-0.25, -0.2) is 23.7 Å². The van der Waals surface area contributed by atoms with Crippen LogP contribution in [0.15, 0.2) is 90.5 Å². The second kappa shape index (κ2) is 14.9. The first-order valence-corrected chi connectivity index (χ1v) is 17.6. The third-order valence-electron chi connectivity index (χ3n) is 9.45. The minimum atomic E-state index is -0.896. The molecule has 12 nitrogen and oxygen atoms in total. The van der Waals surface area contributed by atoms with Crippen molar-refractivity contribution in [2.24, 2.45) is 0 Å². The van der Waals surface area contributed by atoms with Gasteiger partial charge >= 0.3 is 5.69 Å². The van der Waals surface area contributed by atoms with Gasteiger partial charge in [-0.2, -0.15) is 10.2 Å². The normalized spacial score (nSPS) is 20.2. The molecule has 0 aliphatic carbocycles. The van der Waals surface area contributed by atoms with Gasteiger partial charge in [0.25, 0.3) is 0 Å². The lowest BCUT2D eigenvalue weighted by Crippen LogP contribution is -2.50. The van der Waals surface area contributed by atoms with Gasteiger partial charge in [0.05, 0.1) is 31.5 Å². The van der Waals surface area contributed by atoms with E-state index in [4.69, 9.17) is 37.4 Å². The third kappa shape index (κ3) is 7.25. The molecule has 0 saturated carbocycles. The van der Waals surface area contributed by atoms with E-state index in [9.17, 15) is 4.79 Å². The average Bonchev–Trinajstić information content (AvgIpc) is 3.80. The van der Waals surface area contributed by atoms with Crippen LogP contribution in [0.25, 0.3) is 5.69 Å². The summed E-state index contributed by atoms with van der Waals surface area (Å²) in [5.74, 6) is 0.752. The Kier molecular flexibility index (Phi) is 10.1. The second-order valence-corrected chi connectivity index (χ2v) is 13.6. The molecule has 5 aromatic rings. The highest BCUT2D eigenvalue weighted by Crippen LogP contribution is 2.38. The summed E-state index contributed by atoms with van der Waals surface area (Å²) in [4.78, 5) is 21.6. The summed E-state index contributed by atoms with van der Waals surface area (Å²) in [6.07, 6.45) is 5.24. The fourth-order valence-corrected chi connectivity index (χ4v) is 7.11. The van der Waals surface area contributed by atoms with E-state index in [0.29, 0.717) is 36.4 Å². The van der Waals surface area contributed by atoms with Gasteiger partial charge in [0.15, 0.2) is 0 Å². The standard InChI is InChI=1S/C36H40Cl2N8O4/c1-3-26(2)46-35(47)45(25-41-46)30-7-5-28(6-8-30)42-14-16-43(17-15-42)29-9-11-31(12-10-29)49-20-32-19-48-22-36(50-32,21-44-24-39-23-40-44)33-13-4-27(37)18-34(33)38/h4-13,18,23-26,32H,3,14-17,19-22H2,1-2H3/t26?,32-,36+/m1/s1. The number of aromatic nitrogens is 6. The first kappa shape index (κ1) is 34.1. The number of hydrogen-bond donors (Lipinski definition) is 0. The Labute approximate surface area is 300 Å². The first-order chi connectivity index (χ1) is 24.3. The maximum atomic E-state index is 12.8. The fraction of sp³-hybridized carbons (Fsp3) is 0.389. The molecule has 262 valence electrons. The highest BCUT2D eigenvalue weighted by Gasteiger charge is 2.42. The number of nitrogens with zero attached hydrogens (tertiary/aromatic N) is 8. The van der Waals surface area contributed by atoms with E-state index < -0.39 is 5.60 Å². The largest absolute Gasteiger partial charge is 0.491 e. The molecule has 2 aliphatic heterocycles. The number of anilines is 2. The molecule has 2 saturated heterocycles. The van der Waals surface area contributed by atoms with E-state index >= 15 is 0 Å². The van der Waals surface area contributed by atoms with Crippen molar-refractivity contribution in [3.05, 3.63) is 112 Å². The lowest BCUT2D eigenvalue weighted by atomic mass is 9.92. The van der Waals surface area contributed by atoms with E-state index in [0.717, 1.165) is 61.0 Å². The monoisotopic (exact) mass is 718 g/mol. The molecule has 7 rings (SSSR count). The van der Waals surface area contributed by atoms with E-state index in [1.54, 1.807) is 38.7 Å². The molecule has 1 unspecified atom stereocenters. The van der Waals surface area contributed by atoms with Crippen molar-refractivity contribution in [1.82, 2.24) is 29.1 Å². The highest BCUT2D eigenvalue weighted by molar-refractivity contribution is 6.35. The van der Waals surface area contributed by atoms with Crippen LogP contribution in [0, 0.1) is 0 Å². The summed E-state index contributed by atoms with van der Waals surface area (Å²) >= 11 is 12.9. The number of hydrogen-bond acceptors (Lipinski definition) is 9. The molecule has 0 amide bonds. The Morgan fingerprint density at radius 3 is 2.24 bits per heavy atom. The predicted molar refractivity (Wildman–Crippen MR) is 193 cm³/mol. The molecule has 2 fully saturated rings. The summed E-state index contributed by atoms with van der Waals surface area (Å²) in [7, 11) is 0. The van der Waals surface area contributed by atoms with Gasteiger partial charge < -0.3 is 24.0 Å². The van der Waals surface area contributed by atoms with Crippen molar-refractivity contribution in [2.75, 3.05) is 55.8 Å². The molecule has 0 radical (unpaired) electrons. The highest BCUT2D eigenvalue weighted by atomic mass is 35.5. The van der Waals surface area contributed by atoms with E-state index in [2.05, 4.69) is 49.2 Å². The van der Waals surface area contributed by atoms with E-state index in [-0.39, 0.29) is 17.8 Å². The Morgan fingerprint density at radius 2 is 1.60 bits per heavy atom. The molecule has 0 spiro atoms. The van der Waals surface area contributed by atoms with Crippen LogP contribution in [0.4, 0.5) is 11.4 Å². The van der Waals surface area contributed by atoms with Gasteiger partial charge in [0, 0.05) is 53.2 Å². The van der Waals surface area contributed by atoms with Crippen LogP contribution < -0.4 is 20.2 Å². The summed E-state index contributed by atoms with van der Waals surface area (Å²) < 4.78 is 23.8. The summed E-state index contributed by atoms with van der Waals surface area (Å²) in [6.45, 7) is 8.94. The predicted octanol–water partition coefficient (Wildman–Crippen LogP) is 5.62. The van der Waals surface area contributed by atoms with Crippen LogP contribution in [-0.4, -0.2) is 81.2 Å². The Balaban J connectivity index is 0.937. The summed E-state index contributed by atoms with van der Waals surface area (Å²) in [6, 6.07) is 21.7. The van der Waals surface area contributed by atoms with Crippen molar-refractivity contribution < 1.29 is 14.2 Å². The SMILES string of the molecule is CCC(C)n1ncn(-c2ccc(N3CCN(c4ccc(OC[C@H]5COC[C@@](Cn6cncn6)(c6ccc(Cl)cc6Cl)O5)cc4)CC3)cc2)c1=O. The number of ether oxygens (including phenoxy) is 3. The zero-order valence-electron chi connectivity index (χ0n) is 28.1. The van der Waals surface area contributed by atoms with Crippen molar-refractivity contribution >= 4 is 34.6 Å². The lowest BCUT2D eigenvalue weighted by Gasteiger charge is -2.41. The van der Waals surface area contributed by atoms with E-state index in [1.165, 1.54) is 6.33 Å². The van der Waals surface area contributed by atoms with Gasteiger partial charge in [-0.05, 0) is 74.0 Å². The number of piperazine rings is 1. The molecule has 3 aromatic carbocycles. The Bertz CT molecular complexity index is 1920. The molecule has 0 N–H and O–H groups in total. The zero-order valence-corrected chi connectivity index (χ0v) is 29.6. The molecule has 50 heavy (non-hydrogen) atoms. The summed E-state index contributed by atoms with van der Waals surface area (Å²) in [5.41, 5.74) is 2.85. The molecule has 2 aromatic heterocycles. The molecular weight excluding hydrogens is 679 g/mol. The van der Waals surface area contributed by atoms with Crippen LogP contribution in [-0.2, 0) is 21.6 Å². The van der Waals surface area contributed by atoms with Gasteiger partial charge in [-0.15, -0.1) is 0 Å². The zero-order chi connectivity index (χ0) is 34.7. The fourth-order valence-electron chi connectivity index (χ4n) is 6.53. The van der Waals surface area contributed by atoms with E-state index in [1.807, 2.05) is 44.2 Å². The minimum absolute atomic E-state index is 0.0641. The Hall–Kier alpha value is -4.36. The number of rotatable bonds is 11. The molecule has 0 bridgehead atoms. The average molecular weight is 720 g/mol. The van der Waals surface area contributed by atoms with Crippen molar-refractivity contribution in [3.63, 3.8) is 0 Å². The quantitative estimate of drug-likeness (QED) is 0.172. The smallest absolute Gasteiger partial charge is 0.350 e. The van der Waals surface area contributed by atoms with Crippen LogP contribution >= 0.6 is 23.2 Å². The molecule has 3 atom stereocenters. The van der Waals surface area contributed by atoms with Crippen LogP contribution in [0.3, 0.4) is 0 Å². The van der Waals surface area contributed by atoms with Crippen LogP contribution in [0.2, 0.25) is 10.0 Å². The van der Waals surface area contributed by atoms with Crippen molar-refractivity contribution in [1.29, 1.82) is 0 Å². The topological polar surface area (TPSA) is 105 Å². The minimum Gasteiger partial charge on any atom is -0.491 e. The first-order valence-electron chi connectivity index (χ1n) is 16.8. The third-order valence-corrected chi connectivity index (χ3v) is 10.00. The van der Waals surface area contributed by atoms with Crippen molar-refractivity contribution in [2.45, 2.75) is 44.6 Å². The Morgan fingerprint density at radius 1 is 0.920 bits per heavy atom. The van der Waals surface area contributed by atoms with Crippen LogP contribution in [0.1, 0.15) is 31.9 Å². The van der Waals surface area contributed by atoms with Gasteiger partial charge in [-0.1, -0.05) is 36.2 Å². The molecule has 14 heteroatoms. The maximum Gasteiger partial charge on any atom is 0.350 e. The number of benzene rings is 3. The second-order valence-electron chi connectivity index (χ2n) is 12.7. The van der Waals surface area contributed by atoms with Gasteiger partial charge in [0.1, 0.15) is 43.0 Å². The lowest BCUT2D eigenvalue weighted by molar-refractivity contribution is -0.218. The molecule has 2 aliphatic rings. The van der Waals surface area contributed by atoms with Gasteiger partial charge in [0.2, 0.25) is 0 Å². The maximum absolute atomic E-state index is 12.8. The van der Waals surface area contributed by atoms with Crippen LogP contribution in [0.5, 0.6) is 5.75 Å².